The highest BCUT2D eigenvalue weighted by atomic mass is 16.6. The van der Waals surface area contributed by atoms with Gasteiger partial charge in [-0.25, -0.2) is 4.79 Å². The predicted octanol–water partition coefficient (Wildman–Crippen LogP) is 2.73. The molecule has 0 spiro atoms. The van der Waals surface area contributed by atoms with Crippen LogP contribution in [-0.4, -0.2) is 54.0 Å². The van der Waals surface area contributed by atoms with Gasteiger partial charge >= 0.3 is 6.09 Å². The van der Waals surface area contributed by atoms with Crippen LogP contribution in [0.5, 0.6) is 5.75 Å². The lowest BCUT2D eigenvalue weighted by Gasteiger charge is -2.24. The fraction of sp³-hybridized carbons (Fsp3) is 0.632. The van der Waals surface area contributed by atoms with Crippen LogP contribution in [0, 0.1) is 13.8 Å². The topological polar surface area (TPSA) is 71.0 Å². The van der Waals surface area contributed by atoms with Gasteiger partial charge in [-0.05, 0) is 51.3 Å². The van der Waals surface area contributed by atoms with Crippen LogP contribution in [0.1, 0.15) is 37.5 Å². The lowest BCUT2D eigenvalue weighted by atomic mass is 10.1. The molecule has 0 aromatic heterocycles. The number of benzene rings is 1. The van der Waals surface area contributed by atoms with Gasteiger partial charge in [0.15, 0.2) is 0 Å². The van der Waals surface area contributed by atoms with Crippen molar-refractivity contribution in [2.75, 3.05) is 20.2 Å². The van der Waals surface area contributed by atoms with Gasteiger partial charge in [-0.1, -0.05) is 12.1 Å². The van der Waals surface area contributed by atoms with E-state index in [4.69, 9.17) is 9.47 Å². The van der Waals surface area contributed by atoms with Gasteiger partial charge in [0.2, 0.25) is 0 Å². The molecule has 1 unspecified atom stereocenters. The van der Waals surface area contributed by atoms with Crippen LogP contribution in [-0.2, 0) is 16.0 Å². The molecule has 1 aliphatic rings. The van der Waals surface area contributed by atoms with Crippen molar-refractivity contribution in [2.24, 2.45) is 0 Å². The molecule has 140 valence electrons. The Hall–Kier alpha value is -1.79. The number of hydrogen-bond donors (Lipinski definition) is 2. The molecule has 1 aliphatic heterocycles. The molecule has 1 heterocycles. The molecule has 0 aliphatic carbocycles. The van der Waals surface area contributed by atoms with E-state index in [0.717, 1.165) is 16.7 Å². The number of likely N-dealkylation sites (tertiary alicyclic amines) is 1. The zero-order valence-electron chi connectivity index (χ0n) is 16.0. The first-order valence-corrected chi connectivity index (χ1v) is 8.64. The van der Waals surface area contributed by atoms with Crippen molar-refractivity contribution in [3.63, 3.8) is 0 Å². The normalized spacial score (nSPS) is 20.8. The maximum atomic E-state index is 12.3. The van der Waals surface area contributed by atoms with Gasteiger partial charge in [0.1, 0.15) is 11.4 Å². The Morgan fingerprint density at radius 3 is 2.40 bits per heavy atom. The number of rotatable bonds is 4. The van der Waals surface area contributed by atoms with Crippen molar-refractivity contribution in [1.29, 1.82) is 0 Å². The summed E-state index contributed by atoms with van der Waals surface area (Å²) in [6.45, 7) is 11.1. The second-order valence-corrected chi connectivity index (χ2v) is 7.73. The second-order valence-electron chi connectivity index (χ2n) is 7.73. The van der Waals surface area contributed by atoms with Crippen molar-refractivity contribution in [3.8, 4) is 5.75 Å². The number of hydrogen-bond acceptors (Lipinski definition) is 5. The molecule has 2 rings (SSSR count). The van der Waals surface area contributed by atoms with Gasteiger partial charge in [-0.2, -0.15) is 0 Å². The molecule has 6 nitrogen and oxygen atoms in total. The van der Waals surface area contributed by atoms with Crippen molar-refractivity contribution in [1.82, 2.24) is 10.2 Å². The van der Waals surface area contributed by atoms with Crippen LogP contribution in [0.2, 0.25) is 0 Å². The standard InChI is InChI=1S/C19H30N2O4/c1-12-7-14(8-13(2)17(12)22)9-20-15-10-21(11-16(15)24-6)18(23)25-19(3,4)5/h7-8,15-16,20,22H,9-11H2,1-6H3/t15?,16-/m0/s1. The SMILES string of the molecule is CO[C@H]1CN(C(=O)OC(C)(C)C)CC1NCc1cc(C)c(O)c(C)c1. The molecule has 0 bridgehead atoms. The van der Waals surface area contributed by atoms with Crippen LogP contribution < -0.4 is 5.32 Å². The molecule has 0 saturated carbocycles. The maximum Gasteiger partial charge on any atom is 0.410 e. The zero-order chi connectivity index (χ0) is 18.8. The molecule has 2 atom stereocenters. The van der Waals surface area contributed by atoms with Crippen molar-refractivity contribution < 1.29 is 19.4 Å². The number of aryl methyl sites for hydroxylation is 2. The van der Waals surface area contributed by atoms with Gasteiger partial charge < -0.3 is 24.8 Å². The van der Waals surface area contributed by atoms with E-state index in [-0.39, 0.29) is 18.2 Å². The van der Waals surface area contributed by atoms with Crippen LogP contribution in [0.15, 0.2) is 12.1 Å². The Balaban J connectivity index is 1.98. The first kappa shape index (κ1) is 19.5. The number of nitrogens with zero attached hydrogens (tertiary/aromatic N) is 1. The summed E-state index contributed by atoms with van der Waals surface area (Å²) < 4.78 is 11.0. The molecule has 6 heteroatoms. The average Bonchev–Trinajstić information content (AvgIpc) is 2.92. The molecule has 1 saturated heterocycles. The van der Waals surface area contributed by atoms with E-state index < -0.39 is 5.60 Å². The summed E-state index contributed by atoms with van der Waals surface area (Å²) in [4.78, 5) is 13.9. The maximum absolute atomic E-state index is 12.3. The number of ether oxygens (including phenoxy) is 2. The first-order chi connectivity index (χ1) is 11.6. The summed E-state index contributed by atoms with van der Waals surface area (Å²) in [5.41, 5.74) is 2.31. The summed E-state index contributed by atoms with van der Waals surface area (Å²) >= 11 is 0. The summed E-state index contributed by atoms with van der Waals surface area (Å²) in [6.07, 6.45) is -0.387. The molecular formula is C19H30N2O4. The van der Waals surface area contributed by atoms with Crippen LogP contribution >= 0.6 is 0 Å². The second kappa shape index (κ2) is 7.62. The van der Waals surface area contributed by atoms with E-state index in [1.165, 1.54) is 0 Å². The third-order valence-corrected chi connectivity index (χ3v) is 4.34. The summed E-state index contributed by atoms with van der Waals surface area (Å²) in [6, 6.07) is 3.97. The number of amides is 1. The minimum absolute atomic E-state index is 0.0342. The Morgan fingerprint density at radius 1 is 1.28 bits per heavy atom. The Morgan fingerprint density at radius 2 is 1.88 bits per heavy atom. The monoisotopic (exact) mass is 350 g/mol. The highest BCUT2D eigenvalue weighted by Crippen LogP contribution is 2.23. The molecule has 1 aromatic carbocycles. The van der Waals surface area contributed by atoms with E-state index in [0.29, 0.717) is 25.4 Å². The number of carbonyl (C=O) groups excluding carboxylic acids is 1. The van der Waals surface area contributed by atoms with E-state index >= 15 is 0 Å². The van der Waals surface area contributed by atoms with Gasteiger partial charge in [-0.3, -0.25) is 0 Å². The summed E-state index contributed by atoms with van der Waals surface area (Å²) in [5, 5.41) is 13.3. The van der Waals surface area contributed by atoms with E-state index in [2.05, 4.69) is 5.32 Å². The van der Waals surface area contributed by atoms with E-state index in [9.17, 15) is 9.90 Å². The van der Waals surface area contributed by atoms with Gasteiger partial charge in [-0.15, -0.1) is 0 Å². The third-order valence-electron chi connectivity index (χ3n) is 4.34. The fourth-order valence-corrected chi connectivity index (χ4v) is 3.08. The first-order valence-electron chi connectivity index (χ1n) is 8.64. The van der Waals surface area contributed by atoms with E-state index in [1.54, 1.807) is 12.0 Å². The Kier molecular flexibility index (Phi) is 5.95. The van der Waals surface area contributed by atoms with Gasteiger partial charge in [0, 0.05) is 20.2 Å². The zero-order valence-corrected chi connectivity index (χ0v) is 16.0. The van der Waals surface area contributed by atoms with Gasteiger partial charge in [0.25, 0.3) is 0 Å². The minimum Gasteiger partial charge on any atom is -0.507 e. The summed E-state index contributed by atoms with van der Waals surface area (Å²) in [7, 11) is 1.66. The third kappa shape index (κ3) is 5.09. The Bertz CT molecular complexity index is 601. The average molecular weight is 350 g/mol. The van der Waals surface area contributed by atoms with Crippen LogP contribution in [0.3, 0.4) is 0 Å². The van der Waals surface area contributed by atoms with Crippen LogP contribution in [0.4, 0.5) is 4.79 Å². The molecule has 25 heavy (non-hydrogen) atoms. The lowest BCUT2D eigenvalue weighted by Crippen LogP contribution is -2.40. The Labute approximate surface area is 150 Å². The summed E-state index contributed by atoms with van der Waals surface area (Å²) in [5.74, 6) is 0.343. The molecule has 1 amide bonds. The minimum atomic E-state index is -0.508. The quantitative estimate of drug-likeness (QED) is 0.874. The molecule has 2 N–H and O–H groups in total. The predicted molar refractivity (Wildman–Crippen MR) is 96.8 cm³/mol. The van der Waals surface area contributed by atoms with E-state index in [1.807, 2.05) is 46.8 Å². The number of carbonyl (C=O) groups is 1. The van der Waals surface area contributed by atoms with Crippen LogP contribution in [0.25, 0.3) is 0 Å². The molecule has 1 aromatic rings. The number of methoxy groups -OCH3 is 1. The smallest absolute Gasteiger partial charge is 0.410 e. The molecular weight excluding hydrogens is 320 g/mol. The highest BCUT2D eigenvalue weighted by Gasteiger charge is 2.37. The number of phenolic OH excluding ortho intramolecular Hbond substituents is 1. The molecule has 1 fully saturated rings. The fourth-order valence-electron chi connectivity index (χ4n) is 3.08. The van der Waals surface area contributed by atoms with Gasteiger partial charge in [0.05, 0.1) is 18.7 Å². The molecule has 0 radical (unpaired) electrons. The lowest BCUT2D eigenvalue weighted by molar-refractivity contribution is 0.0252. The van der Waals surface area contributed by atoms with Crippen molar-refractivity contribution >= 4 is 6.09 Å². The number of nitrogens with one attached hydrogen (secondary N) is 1. The highest BCUT2D eigenvalue weighted by molar-refractivity contribution is 5.68. The number of phenols is 1. The van der Waals surface area contributed by atoms with Crippen molar-refractivity contribution in [2.45, 2.75) is 58.9 Å². The number of aromatic hydroxyl groups is 1. The largest absolute Gasteiger partial charge is 0.507 e. The van der Waals surface area contributed by atoms with Crippen molar-refractivity contribution in [3.05, 3.63) is 28.8 Å².